The fourth-order valence-electron chi connectivity index (χ4n) is 2.56. The van der Waals surface area contributed by atoms with Gasteiger partial charge in [0.2, 0.25) is 5.91 Å². The van der Waals surface area contributed by atoms with Crippen molar-refractivity contribution in [3.8, 4) is 5.75 Å². The zero-order valence-corrected chi connectivity index (χ0v) is 13.4. The number of ether oxygens (including phenoxy) is 1. The van der Waals surface area contributed by atoms with Gasteiger partial charge in [-0.05, 0) is 37.3 Å². The largest absolute Gasteiger partial charge is 0.482 e. The Kier molecular flexibility index (Phi) is 4.65. The number of para-hydroxylation sites is 1. The van der Waals surface area contributed by atoms with E-state index in [9.17, 15) is 9.59 Å². The van der Waals surface area contributed by atoms with Gasteiger partial charge in [0.1, 0.15) is 5.75 Å². The fraction of sp³-hybridized carbons (Fsp3) is 0.222. The average Bonchev–Trinajstić information content (AvgIpc) is 2.60. The van der Waals surface area contributed by atoms with Crippen LogP contribution in [0.1, 0.15) is 6.92 Å². The van der Waals surface area contributed by atoms with Gasteiger partial charge in [0.05, 0.1) is 12.2 Å². The second-order valence-corrected chi connectivity index (χ2v) is 5.45. The second-order valence-electron chi connectivity index (χ2n) is 5.45. The number of carbonyl (C=O) groups excluding carboxylic acids is 2. The lowest BCUT2D eigenvalue weighted by Gasteiger charge is -2.23. The number of rotatable bonds is 5. The van der Waals surface area contributed by atoms with E-state index in [0.717, 1.165) is 12.2 Å². The van der Waals surface area contributed by atoms with Crippen molar-refractivity contribution in [2.24, 2.45) is 0 Å². The summed E-state index contributed by atoms with van der Waals surface area (Å²) in [6.07, 6.45) is 0. The van der Waals surface area contributed by atoms with Gasteiger partial charge in [0, 0.05) is 17.9 Å². The summed E-state index contributed by atoms with van der Waals surface area (Å²) in [5, 5.41) is 5.58. The zero-order chi connectivity index (χ0) is 16.9. The van der Waals surface area contributed by atoms with Crippen molar-refractivity contribution in [3.05, 3.63) is 48.5 Å². The van der Waals surface area contributed by atoms with Crippen LogP contribution in [0.3, 0.4) is 0 Å². The maximum absolute atomic E-state index is 12.3. The Bertz CT molecular complexity index is 746. The number of hydrogen-bond acceptors (Lipinski definition) is 4. The number of hydrogen-bond donors (Lipinski definition) is 2. The summed E-state index contributed by atoms with van der Waals surface area (Å²) in [4.78, 5) is 25.7. The van der Waals surface area contributed by atoms with Gasteiger partial charge in [-0.2, -0.15) is 0 Å². The molecule has 0 aromatic heterocycles. The molecule has 2 amide bonds. The molecule has 0 spiro atoms. The number of likely N-dealkylation sites (N-methyl/N-ethyl adjacent to an activating group) is 1. The number of fused-ring (bicyclic) bond motifs is 1. The number of benzene rings is 2. The lowest BCUT2D eigenvalue weighted by atomic mass is 10.2. The normalized spacial score (nSPS) is 12.6. The molecule has 0 radical (unpaired) electrons. The van der Waals surface area contributed by atoms with Crippen molar-refractivity contribution < 1.29 is 14.3 Å². The molecule has 2 aromatic carbocycles. The third-order valence-electron chi connectivity index (χ3n) is 3.73. The summed E-state index contributed by atoms with van der Waals surface area (Å²) in [6.45, 7) is 3.00. The van der Waals surface area contributed by atoms with E-state index in [1.807, 2.05) is 42.2 Å². The zero-order valence-electron chi connectivity index (χ0n) is 13.4. The minimum Gasteiger partial charge on any atom is -0.482 e. The van der Waals surface area contributed by atoms with E-state index in [-0.39, 0.29) is 25.0 Å². The number of amides is 2. The van der Waals surface area contributed by atoms with E-state index in [1.54, 1.807) is 18.2 Å². The van der Waals surface area contributed by atoms with Crippen LogP contribution < -0.4 is 20.3 Å². The molecule has 124 valence electrons. The van der Waals surface area contributed by atoms with Gasteiger partial charge in [-0.15, -0.1) is 0 Å². The molecule has 0 aliphatic carbocycles. The molecule has 2 aromatic rings. The summed E-state index contributed by atoms with van der Waals surface area (Å²) in [5.41, 5.74) is 2.19. The van der Waals surface area contributed by atoms with Gasteiger partial charge in [0.15, 0.2) is 6.61 Å². The van der Waals surface area contributed by atoms with Crippen LogP contribution in [0.2, 0.25) is 0 Å². The maximum atomic E-state index is 12.3. The van der Waals surface area contributed by atoms with Crippen molar-refractivity contribution >= 4 is 28.9 Å². The molecule has 3 rings (SSSR count). The van der Waals surface area contributed by atoms with E-state index in [0.29, 0.717) is 17.1 Å². The first-order valence-electron chi connectivity index (χ1n) is 7.82. The molecule has 6 nitrogen and oxygen atoms in total. The summed E-state index contributed by atoms with van der Waals surface area (Å²) < 4.78 is 5.30. The van der Waals surface area contributed by atoms with E-state index in [1.165, 1.54) is 0 Å². The molecule has 1 aliphatic heterocycles. The predicted molar refractivity (Wildman–Crippen MR) is 93.5 cm³/mol. The van der Waals surface area contributed by atoms with Gasteiger partial charge >= 0.3 is 0 Å². The Balaban J connectivity index is 1.66. The summed E-state index contributed by atoms with van der Waals surface area (Å²) >= 11 is 0. The Morgan fingerprint density at radius 1 is 1.25 bits per heavy atom. The Hall–Kier alpha value is -3.02. The quantitative estimate of drug-likeness (QED) is 0.886. The first-order chi connectivity index (χ1) is 11.7. The molecule has 2 N–H and O–H groups in total. The topological polar surface area (TPSA) is 70.7 Å². The van der Waals surface area contributed by atoms with Gasteiger partial charge in [0.25, 0.3) is 5.91 Å². The molecule has 0 unspecified atom stereocenters. The van der Waals surface area contributed by atoms with Crippen molar-refractivity contribution in [3.63, 3.8) is 0 Å². The maximum Gasteiger partial charge on any atom is 0.262 e. The van der Waals surface area contributed by atoms with Crippen LogP contribution >= 0.6 is 0 Å². The number of anilines is 3. The highest BCUT2D eigenvalue weighted by Crippen LogP contribution is 2.30. The van der Waals surface area contributed by atoms with Gasteiger partial charge in [-0.1, -0.05) is 18.2 Å². The Morgan fingerprint density at radius 2 is 2.04 bits per heavy atom. The van der Waals surface area contributed by atoms with Crippen LogP contribution in [0.5, 0.6) is 5.75 Å². The Labute approximate surface area is 140 Å². The van der Waals surface area contributed by atoms with E-state index >= 15 is 0 Å². The van der Waals surface area contributed by atoms with Crippen LogP contribution in [0.4, 0.5) is 17.1 Å². The molecule has 0 fully saturated rings. The standard InChI is InChI=1S/C18H19N3O3/c1-2-21(14-6-4-3-5-7-14)11-17(22)19-13-8-9-16-15(10-13)20-18(23)12-24-16/h3-10H,2,11-12H2,1H3,(H,19,22)(H,20,23). The molecule has 0 saturated heterocycles. The fourth-order valence-corrected chi connectivity index (χ4v) is 2.56. The smallest absolute Gasteiger partial charge is 0.262 e. The van der Waals surface area contributed by atoms with Crippen LogP contribution in [-0.2, 0) is 9.59 Å². The first-order valence-corrected chi connectivity index (χ1v) is 7.82. The van der Waals surface area contributed by atoms with Crippen molar-refractivity contribution in [1.82, 2.24) is 0 Å². The molecule has 24 heavy (non-hydrogen) atoms. The molecule has 6 heteroatoms. The number of nitrogens with zero attached hydrogens (tertiary/aromatic N) is 1. The van der Waals surface area contributed by atoms with Crippen LogP contribution in [0, 0.1) is 0 Å². The highest BCUT2D eigenvalue weighted by molar-refractivity contribution is 5.98. The van der Waals surface area contributed by atoms with Crippen LogP contribution in [0.25, 0.3) is 0 Å². The molecular formula is C18H19N3O3. The van der Waals surface area contributed by atoms with Crippen LogP contribution in [-0.4, -0.2) is 31.5 Å². The Morgan fingerprint density at radius 3 is 2.79 bits per heavy atom. The van der Waals surface area contributed by atoms with E-state index in [2.05, 4.69) is 10.6 Å². The van der Waals surface area contributed by atoms with E-state index < -0.39 is 0 Å². The molecule has 1 aliphatic rings. The van der Waals surface area contributed by atoms with E-state index in [4.69, 9.17) is 4.74 Å². The summed E-state index contributed by atoms with van der Waals surface area (Å²) in [5.74, 6) is 0.281. The number of nitrogens with one attached hydrogen (secondary N) is 2. The first kappa shape index (κ1) is 15.9. The van der Waals surface area contributed by atoms with Crippen molar-refractivity contribution in [2.75, 3.05) is 35.2 Å². The molecular weight excluding hydrogens is 306 g/mol. The third-order valence-corrected chi connectivity index (χ3v) is 3.73. The van der Waals surface area contributed by atoms with Gasteiger partial charge < -0.3 is 20.3 Å². The molecule has 0 atom stereocenters. The lowest BCUT2D eigenvalue weighted by Crippen LogP contribution is -2.33. The van der Waals surface area contributed by atoms with Gasteiger partial charge in [-0.25, -0.2) is 0 Å². The van der Waals surface area contributed by atoms with Crippen molar-refractivity contribution in [1.29, 1.82) is 0 Å². The predicted octanol–water partition coefficient (Wildman–Crippen LogP) is 2.48. The SMILES string of the molecule is CCN(CC(=O)Nc1ccc2c(c1)NC(=O)CO2)c1ccccc1. The molecule has 0 saturated carbocycles. The third kappa shape index (κ3) is 3.65. The second kappa shape index (κ2) is 7.04. The minimum absolute atomic E-state index is 0.0151. The van der Waals surface area contributed by atoms with Crippen molar-refractivity contribution in [2.45, 2.75) is 6.92 Å². The monoisotopic (exact) mass is 325 g/mol. The summed E-state index contributed by atoms with van der Waals surface area (Å²) in [7, 11) is 0. The van der Waals surface area contributed by atoms with Gasteiger partial charge in [-0.3, -0.25) is 9.59 Å². The minimum atomic E-state index is -0.202. The van der Waals surface area contributed by atoms with Crippen LogP contribution in [0.15, 0.2) is 48.5 Å². The highest BCUT2D eigenvalue weighted by Gasteiger charge is 2.17. The summed E-state index contributed by atoms with van der Waals surface area (Å²) in [6, 6.07) is 15.0. The average molecular weight is 325 g/mol. The highest BCUT2D eigenvalue weighted by atomic mass is 16.5. The molecule has 1 heterocycles. The number of carbonyl (C=O) groups is 2. The molecule has 0 bridgehead atoms. The lowest BCUT2D eigenvalue weighted by molar-refractivity contribution is -0.118.